The summed E-state index contributed by atoms with van der Waals surface area (Å²) in [6.45, 7) is 1.23. The number of rotatable bonds is 1. The lowest BCUT2D eigenvalue weighted by Crippen LogP contribution is -2.18. The molecule has 3 rings (SSSR count). The molecule has 0 fully saturated rings. The van der Waals surface area contributed by atoms with Crippen LogP contribution < -0.4 is 11.3 Å². The van der Waals surface area contributed by atoms with Crippen molar-refractivity contribution in [2.45, 2.75) is 13.0 Å². The number of halogens is 2. The number of aromatic nitrogens is 1. The molecule has 0 amide bonds. The Morgan fingerprint density at radius 2 is 2.28 bits per heavy atom. The minimum atomic E-state index is 0.543. The van der Waals surface area contributed by atoms with Crippen LogP contribution in [0.15, 0.2) is 12.1 Å². The van der Waals surface area contributed by atoms with Gasteiger partial charge in [-0.1, -0.05) is 11.6 Å². The average molecular weight is 376 g/mol. The molecular formula is C12H11ClIN3O. The van der Waals surface area contributed by atoms with Crippen LogP contribution >= 0.6 is 34.2 Å². The van der Waals surface area contributed by atoms with Crippen LogP contribution in [0.2, 0.25) is 5.02 Å². The highest BCUT2D eigenvalue weighted by molar-refractivity contribution is 14.1. The van der Waals surface area contributed by atoms with Crippen LogP contribution in [0.1, 0.15) is 11.3 Å². The van der Waals surface area contributed by atoms with Crippen molar-refractivity contribution in [1.29, 1.82) is 0 Å². The van der Waals surface area contributed by atoms with Gasteiger partial charge in [0.1, 0.15) is 0 Å². The maximum absolute atomic E-state index is 6.27. The molecule has 3 N–H and O–H groups in total. The van der Waals surface area contributed by atoms with E-state index in [1.54, 1.807) is 0 Å². The van der Waals surface area contributed by atoms with E-state index in [1.807, 2.05) is 12.1 Å². The van der Waals surface area contributed by atoms with E-state index in [2.05, 4.69) is 33.0 Å². The third-order valence-electron chi connectivity index (χ3n) is 3.07. The van der Waals surface area contributed by atoms with Crippen LogP contribution in [0.25, 0.3) is 10.9 Å². The van der Waals surface area contributed by atoms with Gasteiger partial charge in [-0.2, -0.15) is 0 Å². The summed E-state index contributed by atoms with van der Waals surface area (Å²) in [5.74, 6) is 5.66. The molecule has 1 aromatic carbocycles. The second-order valence-electron chi connectivity index (χ2n) is 4.14. The van der Waals surface area contributed by atoms with Crippen LogP contribution in [-0.2, 0) is 17.8 Å². The number of benzene rings is 1. The van der Waals surface area contributed by atoms with Crippen molar-refractivity contribution < 1.29 is 4.74 Å². The van der Waals surface area contributed by atoms with Gasteiger partial charge >= 0.3 is 0 Å². The highest BCUT2D eigenvalue weighted by Gasteiger charge is 2.19. The lowest BCUT2D eigenvalue weighted by molar-refractivity contribution is 0.110. The number of nitrogens with one attached hydrogen (secondary N) is 1. The highest BCUT2D eigenvalue weighted by atomic mass is 127. The first-order chi connectivity index (χ1) is 8.70. The summed E-state index contributed by atoms with van der Waals surface area (Å²) in [7, 11) is 0. The molecular weight excluding hydrogens is 365 g/mol. The van der Waals surface area contributed by atoms with Crippen molar-refractivity contribution in [1.82, 2.24) is 4.98 Å². The Morgan fingerprint density at radius 3 is 3.06 bits per heavy atom. The molecule has 1 aromatic heterocycles. The highest BCUT2D eigenvalue weighted by Crippen LogP contribution is 2.35. The number of hydrazine groups is 1. The van der Waals surface area contributed by atoms with Crippen molar-refractivity contribution in [3.63, 3.8) is 0 Å². The summed E-state index contributed by atoms with van der Waals surface area (Å²) in [4.78, 5) is 4.65. The molecule has 0 saturated carbocycles. The second-order valence-corrected chi connectivity index (χ2v) is 5.80. The van der Waals surface area contributed by atoms with Gasteiger partial charge in [0.15, 0.2) is 0 Å². The molecule has 18 heavy (non-hydrogen) atoms. The third kappa shape index (κ3) is 1.95. The minimum absolute atomic E-state index is 0.543. The summed E-state index contributed by atoms with van der Waals surface area (Å²) in [6.07, 6.45) is 0.794. The molecule has 0 atom stereocenters. The van der Waals surface area contributed by atoms with E-state index in [1.165, 1.54) is 0 Å². The Hall–Kier alpha value is -0.630. The molecule has 0 spiro atoms. The Balaban J connectivity index is 2.40. The van der Waals surface area contributed by atoms with Crippen molar-refractivity contribution in [2.75, 3.05) is 12.0 Å². The molecule has 1 aliphatic heterocycles. The Bertz CT molecular complexity index is 632. The van der Waals surface area contributed by atoms with Crippen molar-refractivity contribution >= 4 is 50.8 Å². The predicted molar refractivity (Wildman–Crippen MR) is 80.6 cm³/mol. The third-order valence-corrected chi connectivity index (χ3v) is 3.98. The second kappa shape index (κ2) is 4.80. The lowest BCUT2D eigenvalue weighted by Gasteiger charge is -2.21. The molecule has 1 aliphatic rings. The fourth-order valence-electron chi connectivity index (χ4n) is 2.25. The standard InChI is InChI=1S/C12H11ClIN3O/c13-9-4-6(14)3-7-11(17-15)8-5-18-2-1-10(8)16-12(7)9/h3-4H,1-2,5,15H2,(H,16,17). The fourth-order valence-corrected chi connectivity index (χ4v) is 3.32. The van der Waals surface area contributed by atoms with Gasteiger partial charge < -0.3 is 10.2 Å². The van der Waals surface area contributed by atoms with Gasteiger partial charge in [-0.3, -0.25) is 10.8 Å². The Morgan fingerprint density at radius 1 is 1.44 bits per heavy atom. The van der Waals surface area contributed by atoms with Gasteiger partial charge in [0, 0.05) is 20.9 Å². The van der Waals surface area contributed by atoms with Crippen LogP contribution in [0.4, 0.5) is 5.69 Å². The first-order valence-corrected chi connectivity index (χ1v) is 7.01. The van der Waals surface area contributed by atoms with Gasteiger partial charge in [-0.05, 0) is 34.7 Å². The normalized spacial score (nSPS) is 14.6. The fraction of sp³-hybridized carbons (Fsp3) is 0.250. The van der Waals surface area contributed by atoms with E-state index in [4.69, 9.17) is 22.2 Å². The van der Waals surface area contributed by atoms with Gasteiger partial charge in [0.2, 0.25) is 0 Å². The Labute approximate surface area is 123 Å². The molecule has 94 valence electrons. The molecule has 0 unspecified atom stereocenters. The molecule has 0 bridgehead atoms. The van der Waals surface area contributed by atoms with Crippen LogP contribution in [0.5, 0.6) is 0 Å². The summed E-state index contributed by atoms with van der Waals surface area (Å²) >= 11 is 8.50. The Kier molecular flexibility index (Phi) is 3.31. The predicted octanol–water partition coefficient (Wildman–Crippen LogP) is 2.85. The molecule has 2 heterocycles. The van der Waals surface area contributed by atoms with Crippen molar-refractivity contribution in [3.8, 4) is 0 Å². The first kappa shape index (κ1) is 12.4. The minimum Gasteiger partial charge on any atom is -0.376 e. The van der Waals surface area contributed by atoms with Gasteiger partial charge in [-0.25, -0.2) is 0 Å². The molecule has 2 aromatic rings. The zero-order chi connectivity index (χ0) is 12.7. The molecule has 6 heteroatoms. The van der Waals surface area contributed by atoms with E-state index in [0.29, 0.717) is 18.2 Å². The van der Waals surface area contributed by atoms with E-state index in [9.17, 15) is 0 Å². The topological polar surface area (TPSA) is 60.2 Å². The molecule has 4 nitrogen and oxygen atoms in total. The summed E-state index contributed by atoms with van der Waals surface area (Å²) in [5.41, 5.74) is 6.49. The maximum atomic E-state index is 6.27. The number of nitrogen functional groups attached to an aromatic ring is 1. The number of nitrogens with zero attached hydrogens (tertiary/aromatic N) is 1. The zero-order valence-electron chi connectivity index (χ0n) is 9.46. The number of hydrogen-bond donors (Lipinski definition) is 2. The number of hydrogen-bond acceptors (Lipinski definition) is 4. The summed E-state index contributed by atoms with van der Waals surface area (Å²) in [6, 6.07) is 3.93. The van der Waals surface area contributed by atoms with Gasteiger partial charge in [0.25, 0.3) is 0 Å². The SMILES string of the molecule is NNc1c2c(nc3c(Cl)cc(I)cc13)CCOC2. The van der Waals surface area contributed by atoms with E-state index < -0.39 is 0 Å². The number of nitrogens with two attached hydrogens (primary N) is 1. The smallest absolute Gasteiger partial charge is 0.0913 e. The van der Waals surface area contributed by atoms with Crippen LogP contribution in [-0.4, -0.2) is 11.6 Å². The number of anilines is 1. The van der Waals surface area contributed by atoms with Gasteiger partial charge in [-0.15, -0.1) is 0 Å². The van der Waals surface area contributed by atoms with E-state index in [-0.39, 0.29) is 0 Å². The van der Waals surface area contributed by atoms with E-state index >= 15 is 0 Å². The van der Waals surface area contributed by atoms with Crippen LogP contribution in [0.3, 0.4) is 0 Å². The lowest BCUT2D eigenvalue weighted by atomic mass is 10.0. The molecule has 0 saturated heterocycles. The first-order valence-electron chi connectivity index (χ1n) is 5.55. The largest absolute Gasteiger partial charge is 0.376 e. The maximum Gasteiger partial charge on any atom is 0.0913 e. The molecule has 0 radical (unpaired) electrons. The summed E-state index contributed by atoms with van der Waals surface area (Å²) in [5, 5.41) is 1.60. The van der Waals surface area contributed by atoms with Crippen molar-refractivity contribution in [3.05, 3.63) is 32.0 Å². The van der Waals surface area contributed by atoms with E-state index in [0.717, 1.165) is 37.8 Å². The monoisotopic (exact) mass is 375 g/mol. The summed E-state index contributed by atoms with van der Waals surface area (Å²) < 4.78 is 6.53. The quantitative estimate of drug-likeness (QED) is 0.457. The van der Waals surface area contributed by atoms with Crippen LogP contribution in [0, 0.1) is 3.57 Å². The number of pyridine rings is 1. The van der Waals surface area contributed by atoms with Gasteiger partial charge in [0.05, 0.1) is 35.1 Å². The van der Waals surface area contributed by atoms with Crippen molar-refractivity contribution in [2.24, 2.45) is 5.84 Å². The number of fused-ring (bicyclic) bond motifs is 2. The zero-order valence-corrected chi connectivity index (χ0v) is 12.4. The number of ether oxygens (including phenoxy) is 1. The average Bonchev–Trinajstić information content (AvgIpc) is 2.36. The molecule has 0 aliphatic carbocycles.